The molecule has 12 aromatic rings. The lowest BCUT2D eigenvalue weighted by Crippen LogP contribution is -2.05. The second-order valence-corrected chi connectivity index (χ2v) is 15.8. The number of hydrogen-bond donors (Lipinski definition) is 0. The fourth-order valence-corrected chi connectivity index (χ4v) is 9.33. The number of rotatable bonds is 5. The van der Waals surface area contributed by atoms with Crippen molar-refractivity contribution in [2.45, 2.75) is 0 Å². The van der Waals surface area contributed by atoms with Crippen molar-refractivity contribution in [3.05, 3.63) is 223 Å². The molecule has 0 radical (unpaired) electrons. The van der Waals surface area contributed by atoms with Gasteiger partial charge in [0.25, 0.3) is 0 Å². The second-order valence-electron chi connectivity index (χ2n) is 15.8. The molecule has 0 atom stereocenters. The predicted molar refractivity (Wildman–Crippen MR) is 256 cm³/mol. The summed E-state index contributed by atoms with van der Waals surface area (Å²) < 4.78 is 15.2. The van der Waals surface area contributed by atoms with E-state index in [1.165, 1.54) is 21.5 Å². The van der Waals surface area contributed by atoms with Crippen LogP contribution < -0.4 is 0 Å². The third-order valence-corrected chi connectivity index (χ3v) is 12.2. The summed E-state index contributed by atoms with van der Waals surface area (Å²) in [5.41, 5.74) is 16.5. The minimum atomic E-state index is 0.586. The molecule has 62 heavy (non-hydrogen) atoms. The lowest BCUT2D eigenvalue weighted by atomic mass is 10.0. The van der Waals surface area contributed by atoms with E-state index in [4.69, 9.17) is 18.8 Å². The number of benzene rings is 9. The smallest absolute Gasteiger partial charge is 0.161 e. The predicted octanol–water partition coefficient (Wildman–Crippen LogP) is 14.8. The number of allylic oxidation sites excluding steroid dienone is 1. The number of amidine groups is 1. The van der Waals surface area contributed by atoms with Gasteiger partial charge >= 0.3 is 0 Å². The Morgan fingerprint density at radius 1 is 0.403 bits per heavy atom. The van der Waals surface area contributed by atoms with Crippen molar-refractivity contribution >= 4 is 93.7 Å². The van der Waals surface area contributed by atoms with Crippen LogP contribution in [-0.4, -0.2) is 16.1 Å². The summed E-state index contributed by atoms with van der Waals surface area (Å²) >= 11 is 0. The van der Waals surface area contributed by atoms with Gasteiger partial charge in [0.1, 0.15) is 28.0 Å². The van der Waals surface area contributed by atoms with Gasteiger partial charge in [0, 0.05) is 49.7 Å². The van der Waals surface area contributed by atoms with Crippen LogP contribution in [0.5, 0.6) is 0 Å². The van der Waals surface area contributed by atoms with Crippen molar-refractivity contribution in [2.75, 3.05) is 0 Å². The number of fused-ring (bicyclic) bond motifs is 10. The van der Waals surface area contributed by atoms with E-state index in [2.05, 4.69) is 162 Å². The molecule has 0 amide bonds. The van der Waals surface area contributed by atoms with Crippen LogP contribution in [0, 0.1) is 0 Å². The maximum Gasteiger partial charge on any atom is 0.161 e. The number of aliphatic imine (C=N–C) groups is 2. The van der Waals surface area contributed by atoms with Gasteiger partial charge in [-0.3, -0.25) is 0 Å². The molecule has 9 aromatic carbocycles. The third kappa shape index (κ3) is 5.36. The maximum atomic E-state index is 6.62. The average molecular weight is 792 g/mol. The fraction of sp³-hybridized carbons (Fsp3) is 0. The minimum absolute atomic E-state index is 0.586. The van der Waals surface area contributed by atoms with Crippen LogP contribution in [0.25, 0.3) is 99.0 Å². The van der Waals surface area contributed by atoms with E-state index in [1.54, 1.807) is 0 Å². The summed E-state index contributed by atoms with van der Waals surface area (Å²) in [7, 11) is 0. The first-order chi connectivity index (χ1) is 30.7. The number of para-hydroxylation sites is 3. The molecule has 3 aromatic heterocycles. The van der Waals surface area contributed by atoms with Crippen LogP contribution in [0.2, 0.25) is 0 Å². The molecule has 0 aliphatic carbocycles. The Bertz CT molecular complexity index is 3960. The first-order valence-electron chi connectivity index (χ1n) is 20.8. The Balaban J connectivity index is 1.12. The van der Waals surface area contributed by atoms with Crippen molar-refractivity contribution in [1.29, 1.82) is 0 Å². The van der Waals surface area contributed by atoms with Gasteiger partial charge in [0.2, 0.25) is 0 Å². The molecule has 0 saturated carbocycles. The van der Waals surface area contributed by atoms with Crippen molar-refractivity contribution in [2.24, 2.45) is 9.98 Å². The summed E-state index contributed by atoms with van der Waals surface area (Å²) in [5, 5.41) is 8.85. The minimum Gasteiger partial charge on any atom is -0.456 e. The van der Waals surface area contributed by atoms with Gasteiger partial charge < -0.3 is 13.4 Å². The topological polar surface area (TPSA) is 55.9 Å². The highest BCUT2D eigenvalue weighted by Crippen LogP contribution is 2.43. The summed E-state index contributed by atoms with van der Waals surface area (Å²) in [5.74, 6) is 0.586. The maximum absolute atomic E-state index is 6.62. The second kappa shape index (κ2) is 13.5. The molecule has 0 saturated heterocycles. The van der Waals surface area contributed by atoms with Gasteiger partial charge in [0.05, 0.1) is 27.8 Å². The molecule has 4 heterocycles. The van der Waals surface area contributed by atoms with E-state index in [0.717, 1.165) is 94.1 Å². The molecule has 5 heteroatoms. The first-order valence-corrected chi connectivity index (χ1v) is 20.8. The van der Waals surface area contributed by atoms with Gasteiger partial charge in [-0.15, -0.1) is 0 Å². The largest absolute Gasteiger partial charge is 0.456 e. The zero-order valence-electron chi connectivity index (χ0n) is 33.2. The summed E-state index contributed by atoms with van der Waals surface area (Å²) in [6.07, 6.45) is 1.98. The van der Waals surface area contributed by atoms with Gasteiger partial charge in [-0.05, 0) is 88.6 Å². The van der Waals surface area contributed by atoms with Crippen molar-refractivity contribution in [1.82, 2.24) is 4.57 Å². The zero-order chi connectivity index (χ0) is 40.7. The normalized spacial score (nSPS) is 13.1. The zero-order valence-corrected chi connectivity index (χ0v) is 33.2. The average Bonchev–Trinajstić information content (AvgIpc) is 3.94. The van der Waals surface area contributed by atoms with Crippen molar-refractivity contribution in [3.8, 4) is 16.8 Å². The molecule has 1 aliphatic heterocycles. The molecular weight excluding hydrogens is 759 g/mol. The first kappa shape index (κ1) is 34.4. The Morgan fingerprint density at radius 3 is 1.94 bits per heavy atom. The van der Waals surface area contributed by atoms with Crippen LogP contribution in [0.4, 0.5) is 0 Å². The van der Waals surface area contributed by atoms with Crippen LogP contribution in [0.3, 0.4) is 0 Å². The van der Waals surface area contributed by atoms with E-state index in [-0.39, 0.29) is 0 Å². The van der Waals surface area contributed by atoms with E-state index in [0.29, 0.717) is 11.5 Å². The molecular formula is C57H33N3O2. The fourth-order valence-electron chi connectivity index (χ4n) is 9.33. The highest BCUT2D eigenvalue weighted by molar-refractivity contribution is 6.22. The van der Waals surface area contributed by atoms with E-state index in [9.17, 15) is 0 Å². The third-order valence-electron chi connectivity index (χ3n) is 12.2. The summed E-state index contributed by atoms with van der Waals surface area (Å²) in [4.78, 5) is 10.9. The lowest BCUT2D eigenvalue weighted by Gasteiger charge is -2.16. The van der Waals surface area contributed by atoms with Crippen LogP contribution >= 0.6 is 0 Å². The summed E-state index contributed by atoms with van der Waals surface area (Å²) in [6.45, 7) is 0. The quantitative estimate of drug-likeness (QED) is 0.163. The molecule has 288 valence electrons. The molecule has 0 N–H and O–H groups in total. The Labute approximate surface area is 355 Å². The molecule has 0 spiro atoms. The number of aromatic nitrogens is 1. The van der Waals surface area contributed by atoms with Crippen LogP contribution in [0.15, 0.2) is 225 Å². The molecule has 0 bridgehead atoms. The number of hydrogen-bond acceptors (Lipinski definition) is 4. The number of nitrogens with zero attached hydrogens (tertiary/aromatic N) is 3. The molecule has 0 fully saturated rings. The van der Waals surface area contributed by atoms with Gasteiger partial charge in [0.15, 0.2) is 5.84 Å². The van der Waals surface area contributed by atoms with Crippen LogP contribution in [0.1, 0.15) is 16.7 Å². The van der Waals surface area contributed by atoms with Gasteiger partial charge in [-0.2, -0.15) is 0 Å². The molecule has 5 nitrogen and oxygen atoms in total. The standard InChI is InChI=1S/C57H33N3O2/c1-2-13-35(14-3-1)36-17-12-18-40(31-36)57-58-47(39-25-29-53-46(33-39)42-20-7-10-23-51(42)61-53)27-28-48(59-57)43-26-30-54-55(44-21-8-11-24-52(44)62-54)56(43)60-49-22-9-6-19-41(49)45-32-37-15-4-5-16-38(37)34-50(45)60/h1-27,29-34H. The van der Waals surface area contributed by atoms with E-state index >= 15 is 0 Å². The highest BCUT2D eigenvalue weighted by atomic mass is 16.3. The molecule has 1 aliphatic rings. The van der Waals surface area contributed by atoms with Gasteiger partial charge in [-0.25, -0.2) is 9.98 Å². The molecule has 0 unspecified atom stereocenters. The lowest BCUT2D eigenvalue weighted by molar-refractivity contribution is 0.668. The van der Waals surface area contributed by atoms with E-state index < -0.39 is 0 Å². The van der Waals surface area contributed by atoms with Crippen molar-refractivity contribution < 1.29 is 8.83 Å². The monoisotopic (exact) mass is 791 g/mol. The van der Waals surface area contributed by atoms with Crippen LogP contribution in [-0.2, 0) is 0 Å². The Morgan fingerprint density at radius 2 is 1.06 bits per heavy atom. The molecule has 13 rings (SSSR count). The van der Waals surface area contributed by atoms with E-state index in [1.807, 2.05) is 48.5 Å². The summed E-state index contributed by atoms with van der Waals surface area (Å²) in [6, 6.07) is 67.7. The van der Waals surface area contributed by atoms with Gasteiger partial charge in [-0.1, -0.05) is 133 Å². The number of furan rings is 2. The Hall–Kier alpha value is -8.50. The highest BCUT2D eigenvalue weighted by Gasteiger charge is 2.24. The SMILES string of the molecule is C1=CC(c2ccc3oc4ccccc4c3c2)=NC(c2cccc(-c3ccccc3)c2)=NC=1c1ccc2oc3ccccc3c2c1-n1c2ccccc2c2cc3ccccc3cc21. The van der Waals surface area contributed by atoms with Crippen molar-refractivity contribution in [3.63, 3.8) is 0 Å². The Kier molecular flexibility index (Phi) is 7.49.